The van der Waals surface area contributed by atoms with Gasteiger partial charge in [-0.25, -0.2) is 9.59 Å². The number of nitrogens with zero attached hydrogens (tertiary/aromatic N) is 1. The standard InChI is InChI=1S/C19H16F6N2O6/c1-9-13(16(28)32-7-18(20,21)22)15(11-4-3-5-12(6-11)27(30)31)14(10(2)26-9)17(29)33-8-19(23,24)25/h3-6,15,26H,7-8H2,1-2H3. The van der Waals surface area contributed by atoms with Crippen molar-refractivity contribution in [2.75, 3.05) is 13.2 Å². The molecular weight excluding hydrogens is 466 g/mol. The molecule has 0 spiro atoms. The van der Waals surface area contributed by atoms with E-state index >= 15 is 0 Å². The fourth-order valence-corrected chi connectivity index (χ4v) is 3.14. The number of alkyl halides is 6. The summed E-state index contributed by atoms with van der Waals surface area (Å²) >= 11 is 0. The van der Waals surface area contributed by atoms with Crippen LogP contribution in [0.3, 0.4) is 0 Å². The molecule has 2 rings (SSSR count). The fraction of sp³-hybridized carbons (Fsp3) is 0.368. The van der Waals surface area contributed by atoms with E-state index in [0.717, 1.165) is 12.1 Å². The molecule has 1 N–H and O–H groups in total. The number of nitrogens with one attached hydrogen (secondary N) is 1. The summed E-state index contributed by atoms with van der Waals surface area (Å²) in [6, 6.07) is 4.40. The van der Waals surface area contributed by atoms with Gasteiger partial charge in [0.15, 0.2) is 13.2 Å². The molecule has 14 heteroatoms. The summed E-state index contributed by atoms with van der Waals surface area (Å²) in [6.07, 6.45) is -9.76. The average molecular weight is 482 g/mol. The number of nitro benzene ring substituents is 1. The number of non-ortho nitro benzene ring substituents is 1. The first-order chi connectivity index (χ1) is 15.1. The molecule has 8 nitrogen and oxygen atoms in total. The molecule has 0 aromatic heterocycles. The van der Waals surface area contributed by atoms with Crippen LogP contribution in [0.2, 0.25) is 0 Å². The Balaban J connectivity index is 2.59. The molecule has 0 saturated heterocycles. The normalized spacial score (nSPS) is 15.3. The molecule has 0 unspecified atom stereocenters. The summed E-state index contributed by atoms with van der Waals surface area (Å²) in [4.78, 5) is 35.4. The maximum atomic E-state index is 12.5. The first kappa shape index (κ1) is 25.7. The van der Waals surface area contributed by atoms with Gasteiger partial charge in [-0.2, -0.15) is 26.3 Å². The highest BCUT2D eigenvalue weighted by Gasteiger charge is 2.41. The van der Waals surface area contributed by atoms with Gasteiger partial charge in [0.2, 0.25) is 0 Å². The zero-order valence-corrected chi connectivity index (χ0v) is 17.0. The lowest BCUT2D eigenvalue weighted by molar-refractivity contribution is -0.384. The van der Waals surface area contributed by atoms with Crippen LogP contribution in [-0.2, 0) is 19.1 Å². The number of rotatable bonds is 6. The van der Waals surface area contributed by atoms with Gasteiger partial charge in [-0.3, -0.25) is 10.1 Å². The first-order valence-electron chi connectivity index (χ1n) is 9.01. The lowest BCUT2D eigenvalue weighted by Gasteiger charge is -2.30. The van der Waals surface area contributed by atoms with Crippen molar-refractivity contribution >= 4 is 17.6 Å². The highest BCUT2D eigenvalue weighted by molar-refractivity contribution is 6.00. The van der Waals surface area contributed by atoms with E-state index in [-0.39, 0.29) is 17.0 Å². The Labute approximate surface area is 182 Å². The molecule has 0 amide bonds. The van der Waals surface area contributed by atoms with Crippen LogP contribution in [-0.4, -0.2) is 42.4 Å². The number of esters is 2. The topological polar surface area (TPSA) is 108 Å². The molecule has 1 aromatic rings. The molecule has 180 valence electrons. The van der Waals surface area contributed by atoms with E-state index in [1.165, 1.54) is 26.0 Å². The summed E-state index contributed by atoms with van der Waals surface area (Å²) in [6.45, 7) is -1.42. The number of benzene rings is 1. The van der Waals surface area contributed by atoms with Gasteiger partial charge in [0.05, 0.1) is 22.0 Å². The Bertz CT molecular complexity index is 976. The smallest absolute Gasteiger partial charge is 0.422 e. The zero-order valence-electron chi connectivity index (χ0n) is 17.0. The van der Waals surface area contributed by atoms with Crippen molar-refractivity contribution in [1.29, 1.82) is 0 Å². The van der Waals surface area contributed by atoms with Crippen LogP contribution in [0.25, 0.3) is 0 Å². The number of ether oxygens (including phenoxy) is 2. The second-order valence-corrected chi connectivity index (χ2v) is 6.87. The third-order valence-corrected chi connectivity index (χ3v) is 4.35. The SMILES string of the molecule is CC1=C(C(=O)OCC(F)(F)F)C(c2cccc([N+](=O)[O-])c2)C(C(=O)OCC(F)(F)F)=C(C)N1. The largest absolute Gasteiger partial charge is 0.453 e. The maximum Gasteiger partial charge on any atom is 0.422 e. The van der Waals surface area contributed by atoms with Crippen molar-refractivity contribution in [3.8, 4) is 0 Å². The number of halogens is 6. The maximum absolute atomic E-state index is 12.5. The molecule has 0 bridgehead atoms. The first-order valence-corrected chi connectivity index (χ1v) is 9.01. The molecule has 0 saturated carbocycles. The lowest BCUT2D eigenvalue weighted by Crippen LogP contribution is -2.34. The number of dihydropyridines is 1. The fourth-order valence-electron chi connectivity index (χ4n) is 3.14. The number of carbonyl (C=O) groups is 2. The third-order valence-electron chi connectivity index (χ3n) is 4.35. The Morgan fingerprint density at radius 1 is 0.970 bits per heavy atom. The van der Waals surface area contributed by atoms with Crippen LogP contribution in [0.4, 0.5) is 32.0 Å². The Kier molecular flexibility index (Phi) is 7.39. The summed E-state index contributed by atoms with van der Waals surface area (Å²) in [7, 11) is 0. The molecule has 0 radical (unpaired) electrons. The molecule has 0 fully saturated rings. The van der Waals surface area contributed by atoms with Crippen molar-refractivity contribution in [3.05, 3.63) is 62.5 Å². The van der Waals surface area contributed by atoms with Crippen molar-refractivity contribution in [1.82, 2.24) is 5.32 Å². The number of carbonyl (C=O) groups excluding carboxylic acids is 2. The van der Waals surface area contributed by atoms with Crippen LogP contribution in [0.5, 0.6) is 0 Å². The van der Waals surface area contributed by atoms with Crippen molar-refractivity contribution in [3.63, 3.8) is 0 Å². The van der Waals surface area contributed by atoms with Gasteiger partial charge in [-0.05, 0) is 19.4 Å². The van der Waals surface area contributed by atoms with E-state index in [1.807, 2.05) is 0 Å². The minimum absolute atomic E-state index is 0.0662. The molecule has 1 heterocycles. The second kappa shape index (κ2) is 9.50. The van der Waals surface area contributed by atoms with Crippen LogP contribution < -0.4 is 5.32 Å². The predicted octanol–water partition coefficient (Wildman–Crippen LogP) is 4.04. The molecule has 1 aliphatic rings. The Morgan fingerprint density at radius 3 is 1.82 bits per heavy atom. The quantitative estimate of drug-likeness (QED) is 0.282. The van der Waals surface area contributed by atoms with Crippen LogP contribution in [0.15, 0.2) is 46.8 Å². The number of hydrogen-bond acceptors (Lipinski definition) is 7. The summed E-state index contributed by atoms with van der Waals surface area (Å²) < 4.78 is 83.8. The van der Waals surface area contributed by atoms with Gasteiger partial charge in [-0.15, -0.1) is 0 Å². The second-order valence-electron chi connectivity index (χ2n) is 6.87. The van der Waals surface area contributed by atoms with E-state index in [1.54, 1.807) is 0 Å². The minimum Gasteiger partial charge on any atom is -0.453 e. The highest BCUT2D eigenvalue weighted by Crippen LogP contribution is 2.40. The van der Waals surface area contributed by atoms with E-state index in [2.05, 4.69) is 14.8 Å². The van der Waals surface area contributed by atoms with Crippen molar-refractivity contribution in [2.45, 2.75) is 32.1 Å². The van der Waals surface area contributed by atoms with Gasteiger partial charge >= 0.3 is 24.3 Å². The van der Waals surface area contributed by atoms with E-state index in [4.69, 9.17) is 0 Å². The molecule has 1 aromatic carbocycles. The zero-order chi connectivity index (χ0) is 25.1. The lowest BCUT2D eigenvalue weighted by atomic mass is 9.80. The minimum atomic E-state index is -4.88. The van der Waals surface area contributed by atoms with E-state index < -0.39 is 65.2 Å². The Morgan fingerprint density at radius 2 is 1.42 bits per heavy atom. The predicted molar refractivity (Wildman–Crippen MR) is 98.4 cm³/mol. The Hall–Kier alpha value is -3.58. The summed E-state index contributed by atoms with van der Waals surface area (Å²) in [5.74, 6) is -4.66. The molecule has 0 atom stereocenters. The molecule has 33 heavy (non-hydrogen) atoms. The van der Waals surface area contributed by atoms with Crippen LogP contribution in [0, 0.1) is 10.1 Å². The average Bonchev–Trinajstić information content (AvgIpc) is 2.68. The van der Waals surface area contributed by atoms with Crippen molar-refractivity contribution < 1.29 is 50.3 Å². The third kappa shape index (κ3) is 6.70. The van der Waals surface area contributed by atoms with Gasteiger partial charge in [0.1, 0.15) is 0 Å². The van der Waals surface area contributed by atoms with Crippen LogP contribution >= 0.6 is 0 Å². The number of allylic oxidation sites excluding steroid dienone is 2. The summed E-state index contributed by atoms with van der Waals surface area (Å²) in [5.41, 5.74) is -1.85. The molecule has 0 aliphatic carbocycles. The number of nitro groups is 1. The molecule has 1 aliphatic heterocycles. The van der Waals surface area contributed by atoms with Gasteiger partial charge in [0.25, 0.3) is 5.69 Å². The van der Waals surface area contributed by atoms with Crippen molar-refractivity contribution in [2.24, 2.45) is 0 Å². The number of hydrogen-bond donors (Lipinski definition) is 1. The van der Waals surface area contributed by atoms with E-state index in [0.29, 0.717) is 0 Å². The molecular formula is C19H16F6N2O6. The van der Waals surface area contributed by atoms with Gasteiger partial charge < -0.3 is 14.8 Å². The highest BCUT2D eigenvalue weighted by atomic mass is 19.4. The van der Waals surface area contributed by atoms with E-state index in [9.17, 15) is 46.0 Å². The van der Waals surface area contributed by atoms with Crippen LogP contribution in [0.1, 0.15) is 25.3 Å². The van der Waals surface area contributed by atoms with Gasteiger partial charge in [-0.1, -0.05) is 12.1 Å². The monoisotopic (exact) mass is 482 g/mol. The van der Waals surface area contributed by atoms with Gasteiger partial charge in [0, 0.05) is 23.5 Å². The summed E-state index contributed by atoms with van der Waals surface area (Å²) in [5, 5.41) is 13.7.